The highest BCUT2D eigenvalue weighted by Gasteiger charge is 2.26. The zero-order valence-corrected chi connectivity index (χ0v) is 11.7. The number of nitrogens with zero attached hydrogens (tertiary/aromatic N) is 1. The molecule has 1 aliphatic heterocycles. The van der Waals surface area contributed by atoms with Gasteiger partial charge in [-0.3, -0.25) is 9.79 Å². The molecule has 1 heterocycles. The average Bonchev–Trinajstić information content (AvgIpc) is 2.44. The number of allylic oxidation sites excluding steroid dienone is 2. The van der Waals surface area contributed by atoms with Crippen molar-refractivity contribution in [2.75, 3.05) is 0 Å². The number of aliphatic imine (C=N–C) groups is 1. The summed E-state index contributed by atoms with van der Waals surface area (Å²) >= 11 is 0. The Labute approximate surface area is 115 Å². The van der Waals surface area contributed by atoms with Crippen molar-refractivity contribution in [3.8, 4) is 0 Å². The Balaban J connectivity index is 2.11. The van der Waals surface area contributed by atoms with Gasteiger partial charge in [0.1, 0.15) is 0 Å². The summed E-state index contributed by atoms with van der Waals surface area (Å²) in [5.74, 6) is 0.105. The smallest absolute Gasteiger partial charge is 0.173 e. The van der Waals surface area contributed by atoms with Gasteiger partial charge in [0.15, 0.2) is 5.78 Å². The highest BCUT2D eigenvalue weighted by atomic mass is 16.1. The van der Waals surface area contributed by atoms with Crippen LogP contribution in [0.2, 0.25) is 0 Å². The number of hydrogen-bond donors (Lipinski definition) is 0. The van der Waals surface area contributed by atoms with Gasteiger partial charge in [0.25, 0.3) is 0 Å². The number of carbonyl (C=O) groups excluding carboxylic acids is 1. The van der Waals surface area contributed by atoms with E-state index in [9.17, 15) is 4.79 Å². The Bertz CT molecular complexity index is 514. The summed E-state index contributed by atoms with van der Waals surface area (Å²) in [6.45, 7) is 4.15. The van der Waals surface area contributed by atoms with Crippen molar-refractivity contribution < 1.29 is 4.79 Å². The summed E-state index contributed by atoms with van der Waals surface area (Å²) in [6, 6.07) is 7.61. The van der Waals surface area contributed by atoms with Gasteiger partial charge in [-0.2, -0.15) is 0 Å². The van der Waals surface area contributed by atoms with E-state index in [2.05, 4.69) is 24.1 Å². The SMILES string of the molecule is CCCCC=CCC1=Nc2ccccc2C(=O)C1C. The third-order valence-corrected chi connectivity index (χ3v) is 3.54. The van der Waals surface area contributed by atoms with Crippen LogP contribution in [0.4, 0.5) is 5.69 Å². The zero-order chi connectivity index (χ0) is 13.7. The molecule has 0 fully saturated rings. The fourth-order valence-corrected chi connectivity index (χ4v) is 2.28. The zero-order valence-electron chi connectivity index (χ0n) is 11.7. The van der Waals surface area contributed by atoms with E-state index in [4.69, 9.17) is 0 Å². The van der Waals surface area contributed by atoms with Gasteiger partial charge in [-0.1, -0.05) is 44.1 Å². The molecular weight excluding hydrogens is 234 g/mol. The monoisotopic (exact) mass is 255 g/mol. The molecule has 0 bridgehead atoms. The normalized spacial score (nSPS) is 18.5. The van der Waals surface area contributed by atoms with E-state index in [1.807, 2.05) is 31.2 Å². The number of rotatable bonds is 5. The van der Waals surface area contributed by atoms with E-state index in [0.717, 1.165) is 29.8 Å². The molecule has 2 rings (SSSR count). The lowest BCUT2D eigenvalue weighted by molar-refractivity contribution is 0.0959. The highest BCUT2D eigenvalue weighted by molar-refractivity contribution is 6.18. The minimum atomic E-state index is -0.0919. The second kappa shape index (κ2) is 6.46. The first-order chi connectivity index (χ1) is 9.24. The van der Waals surface area contributed by atoms with Crippen LogP contribution in [0.15, 0.2) is 41.4 Å². The number of para-hydroxylation sites is 1. The van der Waals surface area contributed by atoms with Crippen molar-refractivity contribution >= 4 is 17.2 Å². The first kappa shape index (κ1) is 13.7. The number of fused-ring (bicyclic) bond motifs is 1. The van der Waals surface area contributed by atoms with Gasteiger partial charge in [-0.25, -0.2) is 0 Å². The topological polar surface area (TPSA) is 29.4 Å². The van der Waals surface area contributed by atoms with Crippen molar-refractivity contribution in [3.63, 3.8) is 0 Å². The molecule has 0 saturated heterocycles. The molecule has 1 aromatic carbocycles. The fourth-order valence-electron chi connectivity index (χ4n) is 2.28. The first-order valence-corrected chi connectivity index (χ1v) is 7.09. The molecule has 0 amide bonds. The van der Waals surface area contributed by atoms with Crippen molar-refractivity contribution in [3.05, 3.63) is 42.0 Å². The fraction of sp³-hybridized carbons (Fsp3) is 0.412. The van der Waals surface area contributed by atoms with Crippen molar-refractivity contribution in [1.82, 2.24) is 0 Å². The number of unbranched alkanes of at least 4 members (excludes halogenated alkanes) is 2. The van der Waals surface area contributed by atoms with Crippen molar-refractivity contribution in [2.24, 2.45) is 10.9 Å². The summed E-state index contributed by atoms with van der Waals surface area (Å²) in [7, 11) is 0. The van der Waals surface area contributed by atoms with E-state index >= 15 is 0 Å². The molecule has 0 aliphatic carbocycles. The van der Waals surface area contributed by atoms with Gasteiger partial charge >= 0.3 is 0 Å². The number of ketones is 1. The number of benzene rings is 1. The number of hydrogen-bond acceptors (Lipinski definition) is 2. The molecule has 1 aliphatic rings. The molecular formula is C17H21NO. The largest absolute Gasteiger partial charge is 0.293 e. The van der Waals surface area contributed by atoms with E-state index in [0.29, 0.717) is 0 Å². The molecule has 0 spiro atoms. The predicted octanol–water partition coefficient (Wildman–Crippen LogP) is 4.73. The first-order valence-electron chi connectivity index (χ1n) is 7.09. The molecule has 2 nitrogen and oxygen atoms in total. The van der Waals surface area contributed by atoms with E-state index < -0.39 is 0 Å². The molecule has 19 heavy (non-hydrogen) atoms. The summed E-state index contributed by atoms with van der Waals surface area (Å²) in [5, 5.41) is 0. The summed E-state index contributed by atoms with van der Waals surface area (Å²) in [6.07, 6.45) is 8.68. The van der Waals surface area contributed by atoms with Gasteiger partial charge in [-0.05, 0) is 25.5 Å². The lowest BCUT2D eigenvalue weighted by Crippen LogP contribution is -2.24. The molecule has 0 N–H and O–H groups in total. The molecule has 1 aromatic rings. The van der Waals surface area contributed by atoms with Crippen LogP contribution >= 0.6 is 0 Å². The maximum absolute atomic E-state index is 12.3. The third kappa shape index (κ3) is 3.19. The number of carbonyl (C=O) groups is 1. The van der Waals surface area contributed by atoms with Crippen LogP contribution in [0.3, 0.4) is 0 Å². The standard InChI is InChI=1S/C17H21NO/c1-3-4-5-6-7-11-15-13(2)17(19)14-10-8-9-12-16(14)18-15/h6-10,12-13H,3-5,11H2,1-2H3. The Hall–Kier alpha value is -1.70. The molecule has 100 valence electrons. The van der Waals surface area contributed by atoms with Crippen molar-refractivity contribution in [2.45, 2.75) is 39.5 Å². The Morgan fingerprint density at radius 2 is 2.05 bits per heavy atom. The van der Waals surface area contributed by atoms with Crippen LogP contribution in [0, 0.1) is 5.92 Å². The Morgan fingerprint density at radius 1 is 1.26 bits per heavy atom. The van der Waals surface area contributed by atoms with Crippen LogP contribution in [0.25, 0.3) is 0 Å². The van der Waals surface area contributed by atoms with Crippen LogP contribution in [-0.4, -0.2) is 11.5 Å². The summed E-state index contributed by atoms with van der Waals surface area (Å²) in [5.41, 5.74) is 2.56. The maximum Gasteiger partial charge on any atom is 0.173 e. The second-order valence-electron chi connectivity index (χ2n) is 5.02. The molecule has 0 aromatic heterocycles. The lowest BCUT2D eigenvalue weighted by atomic mass is 9.89. The minimum Gasteiger partial charge on any atom is -0.293 e. The Kier molecular flexibility index (Phi) is 4.67. The summed E-state index contributed by atoms with van der Waals surface area (Å²) in [4.78, 5) is 16.9. The van der Waals surface area contributed by atoms with E-state index in [-0.39, 0.29) is 11.7 Å². The van der Waals surface area contributed by atoms with Gasteiger partial charge in [0.05, 0.1) is 11.6 Å². The Morgan fingerprint density at radius 3 is 2.84 bits per heavy atom. The molecule has 0 saturated carbocycles. The van der Waals surface area contributed by atoms with E-state index in [1.54, 1.807) is 0 Å². The van der Waals surface area contributed by atoms with Gasteiger partial charge in [0.2, 0.25) is 0 Å². The highest BCUT2D eigenvalue weighted by Crippen LogP contribution is 2.29. The number of Topliss-reactive ketones (excluding diaryl/α,β-unsaturated/α-hetero) is 1. The van der Waals surface area contributed by atoms with Gasteiger partial charge in [-0.15, -0.1) is 0 Å². The predicted molar refractivity (Wildman–Crippen MR) is 80.3 cm³/mol. The van der Waals surface area contributed by atoms with Gasteiger partial charge in [0, 0.05) is 17.7 Å². The quantitative estimate of drug-likeness (QED) is 0.552. The molecule has 2 heteroatoms. The van der Waals surface area contributed by atoms with Crippen LogP contribution in [0.5, 0.6) is 0 Å². The lowest BCUT2D eigenvalue weighted by Gasteiger charge is -2.19. The third-order valence-electron chi connectivity index (χ3n) is 3.54. The van der Waals surface area contributed by atoms with Crippen LogP contribution in [0.1, 0.15) is 49.9 Å². The minimum absolute atomic E-state index is 0.0919. The van der Waals surface area contributed by atoms with E-state index in [1.165, 1.54) is 12.8 Å². The summed E-state index contributed by atoms with van der Waals surface area (Å²) < 4.78 is 0. The van der Waals surface area contributed by atoms with Crippen molar-refractivity contribution in [1.29, 1.82) is 0 Å². The molecule has 1 unspecified atom stereocenters. The molecule has 1 atom stereocenters. The average molecular weight is 255 g/mol. The molecule has 0 radical (unpaired) electrons. The van der Waals surface area contributed by atoms with Gasteiger partial charge < -0.3 is 0 Å². The van der Waals surface area contributed by atoms with Crippen LogP contribution in [-0.2, 0) is 0 Å². The van der Waals surface area contributed by atoms with Crippen LogP contribution < -0.4 is 0 Å². The second-order valence-corrected chi connectivity index (χ2v) is 5.02. The maximum atomic E-state index is 12.3.